The smallest absolute Gasteiger partial charge is 0.178 e. The molecule has 4 nitrogen and oxygen atoms in total. The predicted octanol–water partition coefficient (Wildman–Crippen LogP) is 3.58. The van der Waals surface area contributed by atoms with Gasteiger partial charge in [0.05, 0.1) is 0 Å². The molecule has 2 fully saturated rings. The summed E-state index contributed by atoms with van der Waals surface area (Å²) < 4.78 is 25.3. The van der Waals surface area contributed by atoms with Gasteiger partial charge in [-0.15, -0.1) is 0 Å². The van der Waals surface area contributed by atoms with Crippen LogP contribution in [0.2, 0.25) is 0 Å². The molecule has 1 saturated carbocycles. The molecule has 4 aliphatic rings. The van der Waals surface area contributed by atoms with E-state index in [1.807, 2.05) is 6.08 Å². The molecule has 1 atom stereocenters. The molecular weight excluding hydrogens is 394 g/mol. The lowest BCUT2D eigenvalue weighted by molar-refractivity contribution is -0.116. The number of carbonyl (C=O) groups excluding carboxylic acids is 1. The van der Waals surface area contributed by atoms with Crippen LogP contribution >= 0.6 is 0 Å². The first-order valence-corrected chi connectivity index (χ1v) is 13.5. The summed E-state index contributed by atoms with van der Waals surface area (Å²) in [5.41, 5.74) is 6.67. The quantitative estimate of drug-likeness (QED) is 0.636. The highest BCUT2D eigenvalue weighted by molar-refractivity contribution is 7.94. The van der Waals surface area contributed by atoms with Crippen molar-refractivity contribution in [2.45, 2.75) is 76.7 Å². The largest absolute Gasteiger partial charge is 0.298 e. The molecule has 5 rings (SSSR count). The number of aryl methyl sites for hydroxylation is 2. The van der Waals surface area contributed by atoms with Crippen LogP contribution in [0.1, 0.15) is 66.3 Å². The Morgan fingerprint density at radius 1 is 1.00 bits per heavy atom. The van der Waals surface area contributed by atoms with Gasteiger partial charge in [-0.25, -0.2) is 8.42 Å². The number of likely N-dealkylation sites (tertiary alicyclic amines) is 1. The number of sulfone groups is 1. The minimum atomic E-state index is -3.51. The summed E-state index contributed by atoms with van der Waals surface area (Å²) in [6.45, 7) is 2.16. The van der Waals surface area contributed by atoms with E-state index in [0.717, 1.165) is 70.4 Å². The lowest BCUT2D eigenvalue weighted by atomic mass is 9.91. The van der Waals surface area contributed by atoms with Gasteiger partial charge in [-0.2, -0.15) is 0 Å². The molecule has 0 bridgehead atoms. The Morgan fingerprint density at radius 2 is 1.70 bits per heavy atom. The second-order valence-corrected chi connectivity index (χ2v) is 11.7. The van der Waals surface area contributed by atoms with E-state index in [9.17, 15) is 13.2 Å². The third-order valence-corrected chi connectivity index (χ3v) is 8.74. The Labute approximate surface area is 180 Å². The van der Waals surface area contributed by atoms with E-state index in [2.05, 4.69) is 11.0 Å². The van der Waals surface area contributed by atoms with Gasteiger partial charge in [0.15, 0.2) is 15.6 Å². The van der Waals surface area contributed by atoms with Gasteiger partial charge in [-0.1, -0.05) is 12.1 Å². The van der Waals surface area contributed by atoms with E-state index in [1.165, 1.54) is 46.1 Å². The maximum Gasteiger partial charge on any atom is 0.178 e. The van der Waals surface area contributed by atoms with Gasteiger partial charge in [0, 0.05) is 24.4 Å². The molecule has 0 spiro atoms. The summed E-state index contributed by atoms with van der Waals surface area (Å²) in [7, 11) is -3.51. The fourth-order valence-corrected chi connectivity index (χ4v) is 6.88. The minimum absolute atomic E-state index is 0.157. The third kappa shape index (κ3) is 4.43. The lowest BCUT2D eigenvalue weighted by Gasteiger charge is -2.21. The molecule has 0 N–H and O–H groups in total. The normalized spacial score (nSPS) is 23.9. The van der Waals surface area contributed by atoms with Crippen molar-refractivity contribution in [3.8, 4) is 0 Å². The van der Waals surface area contributed by atoms with Crippen molar-refractivity contribution in [2.24, 2.45) is 5.92 Å². The molecular formula is C25H33NO3S. The summed E-state index contributed by atoms with van der Waals surface area (Å²) in [6, 6.07) is 2.57. The number of Topliss-reactive ketones (excluding diaryl/α,β-unsaturated/α-hetero) is 1. The average molecular weight is 428 g/mol. The fourth-order valence-electron chi connectivity index (χ4n) is 5.81. The topological polar surface area (TPSA) is 54.5 Å². The van der Waals surface area contributed by atoms with Crippen molar-refractivity contribution in [3.05, 3.63) is 45.4 Å². The maximum atomic E-state index is 12.8. The summed E-state index contributed by atoms with van der Waals surface area (Å²) >= 11 is 0. The van der Waals surface area contributed by atoms with Gasteiger partial charge in [0.1, 0.15) is 5.75 Å². The molecule has 1 aromatic rings. The number of benzene rings is 1. The van der Waals surface area contributed by atoms with Gasteiger partial charge in [0.2, 0.25) is 0 Å². The number of ketones is 1. The molecule has 0 radical (unpaired) electrons. The molecule has 0 unspecified atom stereocenters. The summed E-state index contributed by atoms with van der Waals surface area (Å²) in [4.78, 5) is 15.2. The first-order chi connectivity index (χ1) is 14.5. The number of carbonyl (C=O) groups is 1. The second-order valence-electron chi connectivity index (χ2n) is 9.84. The molecule has 1 saturated heterocycles. The zero-order valence-electron chi connectivity index (χ0n) is 17.9. The van der Waals surface area contributed by atoms with Crippen LogP contribution in [0.25, 0.3) is 0 Å². The Hall–Kier alpha value is -1.46. The van der Waals surface area contributed by atoms with Crippen LogP contribution in [-0.4, -0.2) is 44.0 Å². The highest BCUT2D eigenvalue weighted by atomic mass is 32.2. The van der Waals surface area contributed by atoms with E-state index in [4.69, 9.17) is 0 Å². The van der Waals surface area contributed by atoms with Crippen molar-refractivity contribution < 1.29 is 13.2 Å². The molecule has 3 aliphatic carbocycles. The second kappa shape index (κ2) is 8.23. The van der Waals surface area contributed by atoms with Crippen LogP contribution < -0.4 is 0 Å². The molecule has 30 heavy (non-hydrogen) atoms. The molecule has 162 valence electrons. The van der Waals surface area contributed by atoms with Crippen molar-refractivity contribution >= 4 is 15.6 Å². The minimum Gasteiger partial charge on any atom is -0.298 e. The number of hydrogen-bond donors (Lipinski definition) is 0. The standard InChI is InChI=1S/C25H33NO3S/c27-22(15-25-23-7-1-4-19(23)14-20-5-2-8-24(20)25)17-30(28,29)13-11-21-6-3-12-26(21)16-18-9-10-18/h11,13-14,18,21H,1-10,12,15-17H2/b13-11+/t21-/m1/s1. The van der Waals surface area contributed by atoms with Crippen LogP contribution in [0, 0.1) is 5.92 Å². The number of fused-ring (bicyclic) bond motifs is 2. The third-order valence-electron chi connectivity index (χ3n) is 7.45. The van der Waals surface area contributed by atoms with E-state index in [-0.39, 0.29) is 24.0 Å². The fraction of sp³-hybridized carbons (Fsp3) is 0.640. The first-order valence-electron chi connectivity index (χ1n) is 11.8. The Balaban J connectivity index is 1.25. The first kappa shape index (κ1) is 20.4. The Kier molecular flexibility index (Phi) is 5.61. The summed E-state index contributed by atoms with van der Waals surface area (Å²) in [6.07, 6.45) is 13.5. The van der Waals surface area contributed by atoms with Crippen molar-refractivity contribution in [3.63, 3.8) is 0 Å². The highest BCUT2D eigenvalue weighted by Crippen LogP contribution is 2.35. The van der Waals surface area contributed by atoms with E-state index in [0.29, 0.717) is 0 Å². The van der Waals surface area contributed by atoms with Crippen molar-refractivity contribution in [2.75, 3.05) is 18.8 Å². The van der Waals surface area contributed by atoms with Gasteiger partial charge in [0.25, 0.3) is 0 Å². The van der Waals surface area contributed by atoms with E-state index >= 15 is 0 Å². The van der Waals surface area contributed by atoms with Crippen LogP contribution in [0.4, 0.5) is 0 Å². The molecule has 1 aliphatic heterocycles. The van der Waals surface area contributed by atoms with Gasteiger partial charge < -0.3 is 0 Å². The Morgan fingerprint density at radius 3 is 2.37 bits per heavy atom. The maximum absolute atomic E-state index is 12.8. The SMILES string of the molecule is O=C(Cc1c2c(cc3c1CCC3)CCC2)CS(=O)(=O)/C=C/[C@H]1CCCN1CC1CC1. The molecule has 1 heterocycles. The van der Waals surface area contributed by atoms with Crippen LogP contribution in [0.15, 0.2) is 17.6 Å². The number of rotatable bonds is 8. The van der Waals surface area contributed by atoms with Gasteiger partial charge in [-0.3, -0.25) is 9.69 Å². The predicted molar refractivity (Wildman–Crippen MR) is 119 cm³/mol. The van der Waals surface area contributed by atoms with Crippen LogP contribution in [-0.2, 0) is 46.7 Å². The molecule has 1 aromatic carbocycles. The number of hydrogen-bond acceptors (Lipinski definition) is 4. The monoisotopic (exact) mass is 427 g/mol. The molecule has 0 aromatic heterocycles. The van der Waals surface area contributed by atoms with E-state index < -0.39 is 9.84 Å². The van der Waals surface area contributed by atoms with Crippen LogP contribution in [0.5, 0.6) is 0 Å². The van der Waals surface area contributed by atoms with Crippen molar-refractivity contribution in [1.29, 1.82) is 0 Å². The number of nitrogens with zero attached hydrogens (tertiary/aromatic N) is 1. The highest BCUT2D eigenvalue weighted by Gasteiger charge is 2.30. The summed E-state index contributed by atoms with van der Waals surface area (Å²) in [5.74, 6) is 0.291. The zero-order valence-corrected chi connectivity index (χ0v) is 18.7. The average Bonchev–Trinajstić information content (AvgIpc) is 3.09. The lowest BCUT2D eigenvalue weighted by Crippen LogP contribution is -2.30. The van der Waals surface area contributed by atoms with Crippen molar-refractivity contribution in [1.82, 2.24) is 4.90 Å². The van der Waals surface area contributed by atoms with Crippen LogP contribution in [0.3, 0.4) is 0 Å². The Bertz CT molecular complexity index is 942. The van der Waals surface area contributed by atoms with E-state index in [1.54, 1.807) is 0 Å². The molecule has 0 amide bonds. The van der Waals surface area contributed by atoms with Gasteiger partial charge >= 0.3 is 0 Å². The zero-order chi connectivity index (χ0) is 20.7. The molecule has 5 heteroatoms. The summed E-state index contributed by atoms with van der Waals surface area (Å²) in [5, 5.41) is 1.33. The van der Waals surface area contributed by atoms with Gasteiger partial charge in [-0.05, 0) is 104 Å².